The Labute approximate surface area is 136 Å². The zero-order valence-corrected chi connectivity index (χ0v) is 14.0. The lowest BCUT2D eigenvalue weighted by Gasteiger charge is -2.04. The summed E-state index contributed by atoms with van der Waals surface area (Å²) in [6.45, 7) is 2.36. The number of aryl methyl sites for hydroxylation is 1. The van der Waals surface area contributed by atoms with Crippen molar-refractivity contribution in [2.45, 2.75) is 13.3 Å². The summed E-state index contributed by atoms with van der Waals surface area (Å²) in [6.07, 6.45) is 6.53. The molecule has 0 aliphatic carbocycles. The third-order valence-electron chi connectivity index (χ3n) is 3.22. The normalized spacial score (nSPS) is 13.0. The molecule has 0 saturated heterocycles. The minimum atomic E-state index is -2.94. The molecule has 0 unspecified atom stereocenters. The van der Waals surface area contributed by atoms with Crippen LogP contribution in [-0.4, -0.2) is 43.2 Å². The van der Waals surface area contributed by atoms with Crippen LogP contribution in [-0.2, 0) is 9.84 Å². The number of hydrogen-bond acceptors (Lipinski definition) is 6. The van der Waals surface area contributed by atoms with E-state index in [0.717, 1.165) is 27.9 Å². The van der Waals surface area contributed by atoms with Gasteiger partial charge in [-0.05, 0) is 31.5 Å². The molecule has 23 heavy (non-hydrogen) atoms. The number of aromatic nitrogens is 2. The number of aliphatic imine (C=N–C) groups is 1. The Bertz CT molecular complexity index is 858. The van der Waals surface area contributed by atoms with Crippen molar-refractivity contribution in [2.75, 3.05) is 18.6 Å². The van der Waals surface area contributed by atoms with Gasteiger partial charge >= 0.3 is 0 Å². The molecule has 2 rings (SSSR count). The maximum absolute atomic E-state index is 11.1. The molecule has 2 N–H and O–H groups in total. The van der Waals surface area contributed by atoms with Crippen LogP contribution >= 0.6 is 0 Å². The zero-order chi connectivity index (χ0) is 16.9. The van der Waals surface area contributed by atoms with Crippen molar-refractivity contribution in [1.82, 2.24) is 9.97 Å². The van der Waals surface area contributed by atoms with E-state index in [1.807, 2.05) is 25.1 Å². The lowest BCUT2D eigenvalue weighted by molar-refractivity contribution is 0.599. The third kappa shape index (κ3) is 5.14. The van der Waals surface area contributed by atoms with E-state index in [1.54, 1.807) is 12.4 Å². The van der Waals surface area contributed by atoms with Gasteiger partial charge in [-0.25, -0.2) is 8.42 Å². The van der Waals surface area contributed by atoms with Gasteiger partial charge in [0.1, 0.15) is 9.84 Å². The van der Waals surface area contributed by atoms with E-state index in [0.29, 0.717) is 13.0 Å². The standard InChI is InChI=1S/C16H20N4O2S/c1-12-4-5-15-16(20-12)8-13(11-19-15)14(9-17)10-18-6-3-7-23(2,21)22/h4-5,8-11H,3,6-7,17H2,1-2H3. The zero-order valence-electron chi connectivity index (χ0n) is 13.2. The lowest BCUT2D eigenvalue weighted by Crippen LogP contribution is -2.04. The monoisotopic (exact) mass is 332 g/mol. The van der Waals surface area contributed by atoms with E-state index < -0.39 is 9.84 Å². The second-order valence-corrected chi connectivity index (χ2v) is 7.62. The van der Waals surface area contributed by atoms with Crippen molar-refractivity contribution in [3.8, 4) is 0 Å². The number of fused-ring (bicyclic) bond motifs is 1. The Balaban J connectivity index is 2.12. The molecule has 7 heteroatoms. The van der Waals surface area contributed by atoms with E-state index in [9.17, 15) is 8.42 Å². The molecule has 0 aliphatic rings. The first-order valence-corrected chi connectivity index (χ1v) is 9.28. The number of nitrogens with two attached hydrogens (primary N) is 1. The number of nitrogens with zero attached hydrogens (tertiary/aromatic N) is 3. The van der Waals surface area contributed by atoms with Gasteiger partial charge in [-0.1, -0.05) is 0 Å². The van der Waals surface area contributed by atoms with Gasteiger partial charge in [-0.2, -0.15) is 0 Å². The first-order chi connectivity index (χ1) is 10.9. The number of sulfone groups is 1. The molecule has 0 aromatic carbocycles. The molecule has 0 fully saturated rings. The fraction of sp³-hybridized carbons (Fsp3) is 0.312. The molecule has 0 radical (unpaired) electrons. The van der Waals surface area contributed by atoms with Gasteiger partial charge in [0.05, 0.1) is 16.8 Å². The van der Waals surface area contributed by atoms with Gasteiger partial charge < -0.3 is 5.73 Å². The van der Waals surface area contributed by atoms with Crippen LogP contribution in [0.1, 0.15) is 17.7 Å². The second-order valence-electron chi connectivity index (χ2n) is 5.36. The predicted molar refractivity (Wildman–Crippen MR) is 94.1 cm³/mol. The van der Waals surface area contributed by atoms with Crippen molar-refractivity contribution in [3.05, 3.63) is 41.9 Å². The highest BCUT2D eigenvalue weighted by atomic mass is 32.2. The summed E-state index contributed by atoms with van der Waals surface area (Å²) in [4.78, 5) is 13.0. The van der Waals surface area contributed by atoms with E-state index in [-0.39, 0.29) is 5.75 Å². The molecule has 6 nitrogen and oxygen atoms in total. The molecule has 0 saturated carbocycles. The lowest BCUT2D eigenvalue weighted by atomic mass is 10.1. The maximum atomic E-state index is 11.1. The van der Waals surface area contributed by atoms with Crippen molar-refractivity contribution < 1.29 is 8.42 Å². The molecule has 0 aliphatic heterocycles. The highest BCUT2D eigenvalue weighted by molar-refractivity contribution is 7.90. The van der Waals surface area contributed by atoms with Crippen molar-refractivity contribution >= 4 is 32.7 Å². The Morgan fingerprint density at radius 1 is 1.35 bits per heavy atom. The van der Waals surface area contributed by atoms with Crippen LogP contribution in [0.25, 0.3) is 16.6 Å². The van der Waals surface area contributed by atoms with Gasteiger partial charge in [-0.3, -0.25) is 15.0 Å². The average Bonchev–Trinajstić information content (AvgIpc) is 2.49. The Morgan fingerprint density at radius 3 is 2.83 bits per heavy atom. The summed E-state index contributed by atoms with van der Waals surface area (Å²) < 4.78 is 22.1. The number of rotatable bonds is 6. The minimum Gasteiger partial charge on any atom is -0.404 e. The van der Waals surface area contributed by atoms with E-state index in [4.69, 9.17) is 5.73 Å². The first-order valence-electron chi connectivity index (χ1n) is 7.22. The number of allylic oxidation sites excluding steroid dienone is 1. The SMILES string of the molecule is Cc1ccc2ncc(C(C=NCCCS(C)(=O)=O)=CN)cc2n1. The Hall–Kier alpha value is -2.28. The maximum Gasteiger partial charge on any atom is 0.147 e. The smallest absolute Gasteiger partial charge is 0.147 e. The predicted octanol–water partition coefficient (Wildman–Crippen LogP) is 1.74. The van der Waals surface area contributed by atoms with E-state index in [1.165, 1.54) is 12.5 Å². The highest BCUT2D eigenvalue weighted by Gasteiger charge is 2.04. The van der Waals surface area contributed by atoms with Crippen LogP contribution in [0.4, 0.5) is 0 Å². The van der Waals surface area contributed by atoms with Crippen LogP contribution in [0.5, 0.6) is 0 Å². The van der Waals surface area contributed by atoms with Crippen molar-refractivity contribution in [3.63, 3.8) is 0 Å². The van der Waals surface area contributed by atoms with E-state index >= 15 is 0 Å². The summed E-state index contributed by atoms with van der Waals surface area (Å²) in [5.74, 6) is 0.132. The van der Waals surface area contributed by atoms with Crippen LogP contribution in [0, 0.1) is 6.92 Å². The molecular formula is C16H20N4O2S. The number of hydrogen-bond donors (Lipinski definition) is 1. The molecule has 2 aromatic heterocycles. The fourth-order valence-electron chi connectivity index (χ4n) is 2.06. The quantitative estimate of drug-likeness (QED) is 0.642. The Morgan fingerprint density at radius 2 is 2.13 bits per heavy atom. The summed E-state index contributed by atoms with van der Waals surface area (Å²) in [7, 11) is -2.94. The molecular weight excluding hydrogens is 312 g/mol. The first kappa shape index (κ1) is 17.1. The van der Waals surface area contributed by atoms with Crippen molar-refractivity contribution in [2.24, 2.45) is 10.7 Å². The van der Waals surface area contributed by atoms with Gasteiger partial charge in [0.2, 0.25) is 0 Å². The Kier molecular flexibility index (Phi) is 5.44. The summed E-state index contributed by atoms with van der Waals surface area (Å²) in [5.41, 5.74) is 9.75. The molecule has 0 amide bonds. The third-order valence-corrected chi connectivity index (χ3v) is 4.25. The topological polar surface area (TPSA) is 98.3 Å². The molecule has 2 aromatic rings. The van der Waals surface area contributed by atoms with Crippen LogP contribution < -0.4 is 5.73 Å². The highest BCUT2D eigenvalue weighted by Crippen LogP contribution is 2.16. The van der Waals surface area contributed by atoms with Crippen LogP contribution in [0.15, 0.2) is 35.6 Å². The molecule has 0 spiro atoms. The van der Waals surface area contributed by atoms with Gasteiger partial charge in [0.15, 0.2) is 0 Å². The largest absolute Gasteiger partial charge is 0.404 e. The molecule has 0 atom stereocenters. The van der Waals surface area contributed by atoms with Gasteiger partial charge in [-0.15, -0.1) is 0 Å². The minimum absolute atomic E-state index is 0.132. The summed E-state index contributed by atoms with van der Waals surface area (Å²) in [6, 6.07) is 5.75. The van der Waals surface area contributed by atoms with Crippen LogP contribution in [0.3, 0.4) is 0 Å². The second kappa shape index (κ2) is 7.32. The summed E-state index contributed by atoms with van der Waals surface area (Å²) in [5, 5.41) is 0. The molecule has 122 valence electrons. The fourth-order valence-corrected chi connectivity index (χ4v) is 2.71. The molecule has 0 bridgehead atoms. The van der Waals surface area contributed by atoms with Crippen LogP contribution in [0.2, 0.25) is 0 Å². The van der Waals surface area contributed by atoms with Gasteiger partial charge in [0.25, 0.3) is 0 Å². The summed E-state index contributed by atoms with van der Waals surface area (Å²) >= 11 is 0. The average molecular weight is 332 g/mol. The molecule has 2 heterocycles. The number of pyridine rings is 2. The van der Waals surface area contributed by atoms with E-state index in [2.05, 4.69) is 15.0 Å². The van der Waals surface area contributed by atoms with Gasteiger partial charge in [0, 0.05) is 48.2 Å². The van der Waals surface area contributed by atoms with Crippen molar-refractivity contribution in [1.29, 1.82) is 0 Å².